The van der Waals surface area contributed by atoms with Crippen molar-refractivity contribution in [3.63, 3.8) is 0 Å². The Labute approximate surface area is 127 Å². The van der Waals surface area contributed by atoms with E-state index in [4.69, 9.17) is 4.74 Å². The maximum atomic E-state index is 11.8. The van der Waals surface area contributed by atoms with E-state index in [1.807, 2.05) is 36.6 Å². The van der Waals surface area contributed by atoms with Gasteiger partial charge in [0.05, 0.1) is 5.60 Å². The van der Waals surface area contributed by atoms with Crippen molar-refractivity contribution < 1.29 is 9.53 Å². The third kappa shape index (κ3) is 3.47. The molecular weight excluding hydrogens is 286 g/mol. The summed E-state index contributed by atoms with van der Waals surface area (Å²) in [4.78, 5) is 16.1. The Morgan fingerprint density at radius 2 is 2.19 bits per heavy atom. The number of carbonyl (C=O) groups is 1. The van der Waals surface area contributed by atoms with Gasteiger partial charge in [-0.15, -0.1) is 11.3 Å². The predicted molar refractivity (Wildman–Crippen MR) is 83.4 cm³/mol. The van der Waals surface area contributed by atoms with Crippen LogP contribution in [0.1, 0.15) is 6.92 Å². The highest BCUT2D eigenvalue weighted by Crippen LogP contribution is 2.23. The zero-order chi connectivity index (χ0) is 14.7. The lowest BCUT2D eigenvalue weighted by atomic mass is 10.0. The summed E-state index contributed by atoms with van der Waals surface area (Å²) in [6.07, 6.45) is 1.78. The van der Waals surface area contributed by atoms with Gasteiger partial charge in [-0.05, 0) is 31.2 Å². The van der Waals surface area contributed by atoms with E-state index in [0.29, 0.717) is 0 Å². The maximum Gasteiger partial charge on any atom is 0.250 e. The second-order valence-corrected chi connectivity index (χ2v) is 6.20. The fraction of sp³-hybridized carbons (Fsp3) is 0.333. The summed E-state index contributed by atoms with van der Waals surface area (Å²) in [5.74, 6) is -0.134. The molecule has 0 radical (unpaired) electrons. The largest absolute Gasteiger partial charge is 0.363 e. The van der Waals surface area contributed by atoms with Gasteiger partial charge in [-0.1, -0.05) is 0 Å². The van der Waals surface area contributed by atoms with Crippen molar-refractivity contribution >= 4 is 22.9 Å². The van der Waals surface area contributed by atoms with Gasteiger partial charge < -0.3 is 15.4 Å². The van der Waals surface area contributed by atoms with Crippen LogP contribution in [-0.4, -0.2) is 36.2 Å². The highest BCUT2D eigenvalue weighted by atomic mass is 32.1. The van der Waals surface area contributed by atoms with Crippen molar-refractivity contribution in [3.8, 4) is 10.6 Å². The lowest BCUT2D eigenvalue weighted by molar-refractivity contribution is -0.130. The molecule has 1 fully saturated rings. The van der Waals surface area contributed by atoms with E-state index in [2.05, 4.69) is 15.6 Å². The number of hydrogen-bond donors (Lipinski definition) is 2. The number of anilines is 1. The summed E-state index contributed by atoms with van der Waals surface area (Å²) < 4.78 is 5.60. The van der Waals surface area contributed by atoms with Crippen LogP contribution >= 0.6 is 11.3 Å². The normalized spacial score (nSPS) is 16.2. The Balaban J connectivity index is 1.54. The zero-order valence-electron chi connectivity index (χ0n) is 11.8. The third-order valence-electron chi connectivity index (χ3n) is 3.40. The highest BCUT2D eigenvalue weighted by Gasteiger charge is 2.32. The van der Waals surface area contributed by atoms with Gasteiger partial charge >= 0.3 is 0 Å². The van der Waals surface area contributed by atoms with Crippen LogP contribution in [0.25, 0.3) is 10.6 Å². The van der Waals surface area contributed by atoms with Crippen molar-refractivity contribution in [1.82, 2.24) is 10.3 Å². The van der Waals surface area contributed by atoms with Crippen molar-refractivity contribution in [2.24, 2.45) is 0 Å². The molecule has 0 bridgehead atoms. The number of nitrogens with one attached hydrogen (secondary N) is 2. The number of amides is 1. The maximum absolute atomic E-state index is 11.8. The lowest BCUT2D eigenvalue weighted by Gasteiger charge is -2.38. The second kappa shape index (κ2) is 5.93. The molecule has 0 saturated carbocycles. The Morgan fingerprint density at radius 3 is 2.76 bits per heavy atom. The molecule has 0 unspecified atom stereocenters. The molecule has 0 spiro atoms. The molecule has 6 heteroatoms. The lowest BCUT2D eigenvalue weighted by Crippen LogP contribution is -2.59. The Kier molecular flexibility index (Phi) is 4.01. The molecule has 1 aromatic carbocycles. The van der Waals surface area contributed by atoms with E-state index in [1.54, 1.807) is 17.5 Å². The van der Waals surface area contributed by atoms with Gasteiger partial charge in [-0.25, -0.2) is 4.98 Å². The molecule has 2 aromatic rings. The number of hydrogen-bond acceptors (Lipinski definition) is 5. The predicted octanol–water partition coefficient (Wildman–Crippen LogP) is 2.13. The first-order chi connectivity index (χ1) is 10.1. The minimum atomic E-state index is -0.202. The molecule has 110 valence electrons. The summed E-state index contributed by atoms with van der Waals surface area (Å²) in [5.41, 5.74) is 1.61. The molecule has 3 rings (SSSR count). The average Bonchev–Trinajstić information content (AvgIpc) is 2.98. The number of rotatable bonds is 5. The molecule has 1 aliphatic heterocycles. The molecule has 2 N–H and O–H groups in total. The molecule has 5 nitrogen and oxygen atoms in total. The van der Waals surface area contributed by atoms with Gasteiger partial charge in [-0.2, -0.15) is 0 Å². The highest BCUT2D eigenvalue weighted by molar-refractivity contribution is 7.13. The SMILES string of the molecule is CC1(OCC(=O)Nc2ccc(-c3nccs3)cc2)CNC1. The molecule has 0 atom stereocenters. The van der Waals surface area contributed by atoms with Gasteiger partial charge in [0.1, 0.15) is 11.6 Å². The van der Waals surface area contributed by atoms with Crippen LogP contribution in [0, 0.1) is 0 Å². The number of carbonyl (C=O) groups excluding carboxylic acids is 1. The van der Waals surface area contributed by atoms with Crippen LogP contribution in [0.5, 0.6) is 0 Å². The van der Waals surface area contributed by atoms with E-state index in [0.717, 1.165) is 29.3 Å². The van der Waals surface area contributed by atoms with E-state index < -0.39 is 0 Å². The van der Waals surface area contributed by atoms with Crippen molar-refractivity contribution in [2.45, 2.75) is 12.5 Å². The van der Waals surface area contributed by atoms with Crippen LogP contribution in [0.15, 0.2) is 35.8 Å². The first kappa shape index (κ1) is 14.2. The quantitative estimate of drug-likeness (QED) is 0.888. The molecule has 2 heterocycles. The average molecular weight is 303 g/mol. The minimum absolute atomic E-state index is 0.0758. The van der Waals surface area contributed by atoms with Gasteiger partial charge in [-0.3, -0.25) is 4.79 Å². The number of ether oxygens (including phenoxy) is 1. The standard InChI is InChI=1S/C15H17N3O2S/c1-15(9-16-10-15)20-8-13(19)18-12-4-2-11(3-5-12)14-17-6-7-21-14/h2-7,16H,8-10H2,1H3,(H,18,19). The van der Waals surface area contributed by atoms with E-state index in [-0.39, 0.29) is 18.1 Å². The summed E-state index contributed by atoms with van der Waals surface area (Å²) in [6.45, 7) is 3.66. The van der Waals surface area contributed by atoms with Crippen molar-refractivity contribution in [2.75, 3.05) is 25.0 Å². The molecule has 1 amide bonds. The number of benzene rings is 1. The molecular formula is C15H17N3O2S. The van der Waals surface area contributed by atoms with Crippen LogP contribution in [0.4, 0.5) is 5.69 Å². The molecule has 1 aliphatic rings. The van der Waals surface area contributed by atoms with Gasteiger partial charge in [0.2, 0.25) is 5.91 Å². The van der Waals surface area contributed by atoms with E-state index in [9.17, 15) is 4.79 Å². The van der Waals surface area contributed by atoms with Crippen LogP contribution in [-0.2, 0) is 9.53 Å². The number of nitrogens with zero attached hydrogens (tertiary/aromatic N) is 1. The number of thiazole rings is 1. The molecule has 1 aromatic heterocycles. The first-order valence-corrected chi connectivity index (χ1v) is 7.67. The fourth-order valence-corrected chi connectivity index (χ4v) is 2.72. The Bertz CT molecular complexity index is 606. The van der Waals surface area contributed by atoms with Gasteiger partial charge in [0, 0.05) is 35.9 Å². The molecule has 0 aliphatic carbocycles. The monoisotopic (exact) mass is 303 g/mol. The van der Waals surface area contributed by atoms with E-state index >= 15 is 0 Å². The van der Waals surface area contributed by atoms with Crippen molar-refractivity contribution in [3.05, 3.63) is 35.8 Å². The van der Waals surface area contributed by atoms with Gasteiger partial charge in [0.25, 0.3) is 0 Å². The molecule has 21 heavy (non-hydrogen) atoms. The summed E-state index contributed by atoms with van der Waals surface area (Å²) in [7, 11) is 0. The minimum Gasteiger partial charge on any atom is -0.363 e. The van der Waals surface area contributed by atoms with Crippen molar-refractivity contribution in [1.29, 1.82) is 0 Å². The molecule has 1 saturated heterocycles. The van der Waals surface area contributed by atoms with Gasteiger partial charge in [0.15, 0.2) is 0 Å². The third-order valence-corrected chi connectivity index (χ3v) is 4.22. The topological polar surface area (TPSA) is 63.2 Å². The summed E-state index contributed by atoms with van der Waals surface area (Å²) in [6, 6.07) is 7.65. The fourth-order valence-electron chi connectivity index (χ4n) is 2.08. The smallest absolute Gasteiger partial charge is 0.250 e. The zero-order valence-corrected chi connectivity index (χ0v) is 12.6. The van der Waals surface area contributed by atoms with Crippen LogP contribution in [0.3, 0.4) is 0 Å². The van der Waals surface area contributed by atoms with E-state index in [1.165, 1.54) is 0 Å². The van der Waals surface area contributed by atoms with Crippen LogP contribution < -0.4 is 10.6 Å². The Hall–Kier alpha value is -1.76. The number of aromatic nitrogens is 1. The summed E-state index contributed by atoms with van der Waals surface area (Å²) >= 11 is 1.59. The Morgan fingerprint density at radius 1 is 1.43 bits per heavy atom. The first-order valence-electron chi connectivity index (χ1n) is 6.79. The second-order valence-electron chi connectivity index (χ2n) is 5.30. The summed E-state index contributed by atoms with van der Waals surface area (Å²) in [5, 5.41) is 8.88. The van der Waals surface area contributed by atoms with Crippen LogP contribution in [0.2, 0.25) is 0 Å².